The zero-order valence-corrected chi connectivity index (χ0v) is 12.8. The van der Waals surface area contributed by atoms with Crippen molar-refractivity contribution in [2.45, 2.75) is 19.3 Å². The van der Waals surface area contributed by atoms with Crippen LogP contribution in [0.25, 0.3) is 0 Å². The largest absolute Gasteiger partial charge is 0.397 e. The molecule has 0 radical (unpaired) electrons. The Morgan fingerprint density at radius 1 is 1.24 bits per heavy atom. The highest BCUT2D eigenvalue weighted by Gasteiger charge is 2.08. The summed E-state index contributed by atoms with van der Waals surface area (Å²) in [7, 11) is 0. The van der Waals surface area contributed by atoms with Gasteiger partial charge in [0, 0.05) is 12.2 Å². The van der Waals surface area contributed by atoms with Crippen molar-refractivity contribution in [1.29, 1.82) is 0 Å². The Hall–Kier alpha value is -2.07. The second kappa shape index (κ2) is 8.27. The molecule has 0 aliphatic rings. The molecule has 0 bridgehead atoms. The van der Waals surface area contributed by atoms with Crippen LogP contribution in [0.3, 0.4) is 0 Å². The van der Waals surface area contributed by atoms with Gasteiger partial charge in [-0.25, -0.2) is 0 Å². The van der Waals surface area contributed by atoms with E-state index in [-0.39, 0.29) is 24.7 Å². The molecule has 1 atom stereocenters. The first kappa shape index (κ1) is 17.0. The van der Waals surface area contributed by atoms with Crippen LogP contribution < -0.4 is 11.1 Å². The highest BCUT2D eigenvalue weighted by atomic mass is 35.5. The molecule has 1 aromatic carbocycles. The number of carbonyl (C=O) groups excluding carboxylic acids is 1. The molecule has 1 heterocycles. The van der Waals surface area contributed by atoms with Crippen molar-refractivity contribution >= 4 is 24.0 Å². The lowest BCUT2D eigenvalue weighted by molar-refractivity contribution is -0.120. The maximum Gasteiger partial charge on any atom is 0.226 e. The van der Waals surface area contributed by atoms with Crippen LogP contribution in [0.1, 0.15) is 24.1 Å². The summed E-state index contributed by atoms with van der Waals surface area (Å²) in [6.07, 6.45) is 1.84. The Morgan fingerprint density at radius 2 is 1.95 bits per heavy atom. The van der Waals surface area contributed by atoms with Crippen LogP contribution >= 0.6 is 12.4 Å². The fraction of sp³-hybridized carbons (Fsp3) is 0.250. The molecule has 2 rings (SSSR count). The van der Waals surface area contributed by atoms with E-state index in [0.29, 0.717) is 18.2 Å². The number of hydrogen-bond acceptors (Lipinski definition) is 3. The van der Waals surface area contributed by atoms with E-state index in [1.165, 1.54) is 5.56 Å². The third-order valence-electron chi connectivity index (χ3n) is 3.16. The van der Waals surface area contributed by atoms with Crippen molar-refractivity contribution in [3.63, 3.8) is 0 Å². The van der Waals surface area contributed by atoms with Gasteiger partial charge in [0.05, 0.1) is 18.3 Å². The molecule has 0 saturated carbocycles. The Morgan fingerprint density at radius 3 is 2.57 bits per heavy atom. The number of carbonyl (C=O) groups is 1. The first-order chi connectivity index (χ1) is 9.65. The van der Waals surface area contributed by atoms with Crippen LogP contribution in [0.15, 0.2) is 48.7 Å². The molecule has 112 valence electrons. The number of hydrogen-bond donors (Lipinski definition) is 2. The predicted molar refractivity (Wildman–Crippen MR) is 87.5 cm³/mol. The van der Waals surface area contributed by atoms with E-state index in [9.17, 15) is 4.79 Å². The highest BCUT2D eigenvalue weighted by molar-refractivity contribution is 5.85. The number of anilines is 1. The van der Waals surface area contributed by atoms with Crippen LogP contribution in [0.2, 0.25) is 0 Å². The molecule has 0 spiro atoms. The number of nitrogens with two attached hydrogens (primary N) is 1. The number of nitrogens with one attached hydrogen (secondary N) is 1. The summed E-state index contributed by atoms with van der Waals surface area (Å²) in [5.74, 6) is 0.268. The summed E-state index contributed by atoms with van der Waals surface area (Å²) < 4.78 is 0. The lowest BCUT2D eigenvalue weighted by atomic mass is 10.0. The van der Waals surface area contributed by atoms with Gasteiger partial charge in [-0.05, 0) is 23.6 Å². The van der Waals surface area contributed by atoms with E-state index in [2.05, 4.69) is 29.4 Å². The van der Waals surface area contributed by atoms with Gasteiger partial charge in [0.2, 0.25) is 5.91 Å². The van der Waals surface area contributed by atoms with E-state index in [4.69, 9.17) is 5.73 Å². The molecule has 3 N–H and O–H groups in total. The van der Waals surface area contributed by atoms with E-state index in [0.717, 1.165) is 5.69 Å². The zero-order chi connectivity index (χ0) is 14.4. The van der Waals surface area contributed by atoms with Crippen LogP contribution in [0.4, 0.5) is 5.69 Å². The molecule has 1 unspecified atom stereocenters. The Labute approximate surface area is 131 Å². The summed E-state index contributed by atoms with van der Waals surface area (Å²) in [5, 5.41) is 2.93. The van der Waals surface area contributed by atoms with E-state index >= 15 is 0 Å². The lowest BCUT2D eigenvalue weighted by Crippen LogP contribution is -2.29. The summed E-state index contributed by atoms with van der Waals surface area (Å²) in [6.45, 7) is 2.72. The van der Waals surface area contributed by atoms with Gasteiger partial charge in [-0.15, -0.1) is 12.4 Å². The summed E-state index contributed by atoms with van der Waals surface area (Å²) in [4.78, 5) is 16.0. The molecule has 0 aliphatic carbocycles. The SMILES string of the molecule is CC(CNC(=O)Cc1ccc(N)cn1)c1ccccc1.Cl. The molecular weight excluding hydrogens is 286 g/mol. The predicted octanol–water partition coefficient (Wildman–Crippen LogP) is 2.55. The summed E-state index contributed by atoms with van der Waals surface area (Å²) in [6, 6.07) is 13.7. The maximum absolute atomic E-state index is 11.9. The van der Waals surface area contributed by atoms with Gasteiger partial charge < -0.3 is 11.1 Å². The van der Waals surface area contributed by atoms with Crippen molar-refractivity contribution in [3.05, 3.63) is 59.9 Å². The molecule has 0 aliphatic heterocycles. The number of rotatable bonds is 5. The van der Waals surface area contributed by atoms with Gasteiger partial charge in [0.15, 0.2) is 0 Å². The minimum atomic E-state index is -0.0231. The minimum absolute atomic E-state index is 0. The molecule has 1 aromatic heterocycles. The molecule has 0 saturated heterocycles. The van der Waals surface area contributed by atoms with Crippen LogP contribution in [0.5, 0.6) is 0 Å². The standard InChI is InChI=1S/C16H19N3O.ClH/c1-12(13-5-3-2-4-6-13)10-19-16(20)9-15-8-7-14(17)11-18-15;/h2-8,11-12H,9-10,17H2,1H3,(H,19,20);1H. The number of pyridine rings is 1. The molecule has 5 heteroatoms. The first-order valence-corrected chi connectivity index (χ1v) is 6.67. The number of benzene rings is 1. The van der Waals surface area contributed by atoms with E-state index in [1.807, 2.05) is 18.2 Å². The van der Waals surface area contributed by atoms with Crippen molar-refractivity contribution in [2.24, 2.45) is 0 Å². The third-order valence-corrected chi connectivity index (χ3v) is 3.16. The fourth-order valence-electron chi connectivity index (χ4n) is 1.93. The third kappa shape index (κ3) is 5.44. The molecule has 21 heavy (non-hydrogen) atoms. The molecular formula is C16H20ClN3O. The van der Waals surface area contributed by atoms with Crippen molar-refractivity contribution in [1.82, 2.24) is 10.3 Å². The first-order valence-electron chi connectivity index (χ1n) is 6.67. The Kier molecular flexibility index (Phi) is 6.69. The summed E-state index contributed by atoms with van der Waals surface area (Å²) in [5.41, 5.74) is 8.11. The fourth-order valence-corrected chi connectivity index (χ4v) is 1.93. The minimum Gasteiger partial charge on any atom is -0.397 e. The van der Waals surface area contributed by atoms with Gasteiger partial charge in [0.1, 0.15) is 0 Å². The Balaban J connectivity index is 0.00000220. The van der Waals surface area contributed by atoms with Crippen LogP contribution in [0, 0.1) is 0 Å². The normalized spacial score (nSPS) is 11.3. The number of amides is 1. The smallest absolute Gasteiger partial charge is 0.226 e. The topological polar surface area (TPSA) is 68.0 Å². The van der Waals surface area contributed by atoms with Crippen LogP contribution in [-0.4, -0.2) is 17.4 Å². The van der Waals surface area contributed by atoms with Crippen molar-refractivity contribution in [3.8, 4) is 0 Å². The van der Waals surface area contributed by atoms with Gasteiger partial charge in [-0.3, -0.25) is 9.78 Å². The maximum atomic E-state index is 11.9. The molecule has 4 nitrogen and oxygen atoms in total. The number of nitrogens with zero attached hydrogens (tertiary/aromatic N) is 1. The second-order valence-corrected chi connectivity index (χ2v) is 4.88. The Bertz CT molecular complexity index is 557. The quantitative estimate of drug-likeness (QED) is 0.892. The molecule has 2 aromatic rings. The zero-order valence-electron chi connectivity index (χ0n) is 12.0. The van der Waals surface area contributed by atoms with Gasteiger partial charge >= 0.3 is 0 Å². The highest BCUT2D eigenvalue weighted by Crippen LogP contribution is 2.13. The average molecular weight is 306 g/mol. The van der Waals surface area contributed by atoms with E-state index < -0.39 is 0 Å². The molecule has 0 fully saturated rings. The average Bonchev–Trinajstić information content (AvgIpc) is 2.48. The van der Waals surface area contributed by atoms with E-state index in [1.54, 1.807) is 18.3 Å². The molecule has 1 amide bonds. The second-order valence-electron chi connectivity index (χ2n) is 4.88. The van der Waals surface area contributed by atoms with Gasteiger partial charge in [-0.2, -0.15) is 0 Å². The van der Waals surface area contributed by atoms with Crippen molar-refractivity contribution < 1.29 is 4.79 Å². The van der Waals surface area contributed by atoms with Gasteiger partial charge in [0.25, 0.3) is 0 Å². The number of halogens is 1. The number of aromatic nitrogens is 1. The number of nitrogen functional groups attached to an aromatic ring is 1. The monoisotopic (exact) mass is 305 g/mol. The lowest BCUT2D eigenvalue weighted by Gasteiger charge is -2.13. The van der Waals surface area contributed by atoms with Gasteiger partial charge in [-0.1, -0.05) is 37.3 Å². The summed E-state index contributed by atoms with van der Waals surface area (Å²) >= 11 is 0. The van der Waals surface area contributed by atoms with Crippen LogP contribution in [-0.2, 0) is 11.2 Å². The van der Waals surface area contributed by atoms with Crippen molar-refractivity contribution in [2.75, 3.05) is 12.3 Å².